The molecule has 3 aromatic rings. The molecular formula is C30H37N3O4S2. The van der Waals surface area contributed by atoms with Crippen molar-refractivity contribution in [2.24, 2.45) is 0 Å². The molecule has 0 aliphatic carbocycles. The van der Waals surface area contributed by atoms with Crippen LogP contribution in [0, 0.1) is 6.92 Å². The second-order valence-corrected chi connectivity index (χ2v) is 13.2. The molecule has 9 heteroatoms. The topological polar surface area (TPSA) is 86.8 Å². The number of rotatable bonds is 10. The van der Waals surface area contributed by atoms with Gasteiger partial charge in [-0.25, -0.2) is 8.42 Å². The van der Waals surface area contributed by atoms with Gasteiger partial charge in [-0.2, -0.15) is 0 Å². The van der Waals surface area contributed by atoms with Crippen LogP contribution in [0.15, 0.2) is 88.7 Å². The number of benzene rings is 3. The van der Waals surface area contributed by atoms with Gasteiger partial charge in [-0.1, -0.05) is 48.0 Å². The van der Waals surface area contributed by atoms with Crippen LogP contribution in [0.3, 0.4) is 0 Å². The summed E-state index contributed by atoms with van der Waals surface area (Å²) in [4.78, 5) is 29.5. The number of sulfonamides is 1. The fraction of sp³-hybridized carbons (Fsp3) is 0.333. The van der Waals surface area contributed by atoms with E-state index in [-0.39, 0.29) is 17.3 Å². The van der Waals surface area contributed by atoms with Crippen molar-refractivity contribution in [1.29, 1.82) is 0 Å². The largest absolute Gasteiger partial charge is 0.350 e. The summed E-state index contributed by atoms with van der Waals surface area (Å²) in [6, 6.07) is 22.1. The van der Waals surface area contributed by atoms with Crippen LogP contribution in [0.25, 0.3) is 0 Å². The fourth-order valence-electron chi connectivity index (χ4n) is 3.95. The Bertz CT molecular complexity index is 1370. The van der Waals surface area contributed by atoms with Gasteiger partial charge in [0.15, 0.2) is 0 Å². The molecule has 7 nitrogen and oxygen atoms in total. The van der Waals surface area contributed by atoms with E-state index in [1.165, 1.54) is 16.7 Å². The van der Waals surface area contributed by atoms with Crippen LogP contribution in [0.4, 0.5) is 5.69 Å². The molecule has 1 unspecified atom stereocenters. The predicted molar refractivity (Wildman–Crippen MR) is 158 cm³/mol. The van der Waals surface area contributed by atoms with Crippen molar-refractivity contribution in [1.82, 2.24) is 10.2 Å². The van der Waals surface area contributed by atoms with E-state index in [0.29, 0.717) is 5.69 Å². The zero-order chi connectivity index (χ0) is 28.8. The van der Waals surface area contributed by atoms with Crippen molar-refractivity contribution >= 4 is 39.3 Å². The molecule has 39 heavy (non-hydrogen) atoms. The summed E-state index contributed by atoms with van der Waals surface area (Å²) in [6.45, 7) is 8.87. The van der Waals surface area contributed by atoms with Crippen LogP contribution in [-0.2, 0) is 26.2 Å². The van der Waals surface area contributed by atoms with Gasteiger partial charge >= 0.3 is 0 Å². The Balaban J connectivity index is 2.02. The Morgan fingerprint density at radius 1 is 0.923 bits per heavy atom. The van der Waals surface area contributed by atoms with Gasteiger partial charge in [0.2, 0.25) is 11.8 Å². The average Bonchev–Trinajstić information content (AvgIpc) is 2.90. The maximum absolute atomic E-state index is 13.9. The number of nitrogens with one attached hydrogen (secondary N) is 1. The number of anilines is 1. The van der Waals surface area contributed by atoms with Gasteiger partial charge in [0.05, 0.1) is 10.6 Å². The molecule has 208 valence electrons. The highest BCUT2D eigenvalue weighted by Gasteiger charge is 2.33. The van der Waals surface area contributed by atoms with Gasteiger partial charge in [0.1, 0.15) is 12.6 Å². The molecule has 0 heterocycles. The SMILES string of the molecule is CSc1ccc(S(=O)(=O)N(CC(=O)N(Cc2ccccc2)C(C)C(=O)NC(C)(C)C)c2ccc(C)cc2)cc1. The Hall–Kier alpha value is -3.30. The summed E-state index contributed by atoms with van der Waals surface area (Å²) >= 11 is 1.51. The molecule has 3 rings (SSSR count). The molecule has 0 fully saturated rings. The molecule has 0 saturated heterocycles. The first-order valence-electron chi connectivity index (χ1n) is 12.7. The summed E-state index contributed by atoms with van der Waals surface area (Å²) in [6.07, 6.45) is 1.92. The highest BCUT2D eigenvalue weighted by atomic mass is 32.2. The molecule has 1 N–H and O–H groups in total. The highest BCUT2D eigenvalue weighted by Crippen LogP contribution is 2.26. The number of carbonyl (C=O) groups is 2. The normalized spacial score (nSPS) is 12.5. The number of hydrogen-bond acceptors (Lipinski definition) is 5. The number of hydrogen-bond donors (Lipinski definition) is 1. The van der Waals surface area contributed by atoms with E-state index < -0.39 is 34.1 Å². The molecule has 1 atom stereocenters. The van der Waals surface area contributed by atoms with Gasteiger partial charge in [0, 0.05) is 17.0 Å². The summed E-state index contributed by atoms with van der Waals surface area (Å²) in [5, 5.41) is 2.93. The molecule has 0 aliphatic rings. The minimum absolute atomic E-state index is 0.0850. The van der Waals surface area contributed by atoms with Crippen LogP contribution >= 0.6 is 11.8 Å². The molecule has 0 bridgehead atoms. The zero-order valence-corrected chi connectivity index (χ0v) is 25.0. The Labute approximate surface area is 236 Å². The van der Waals surface area contributed by atoms with Crippen LogP contribution in [0.2, 0.25) is 0 Å². The molecule has 3 aromatic carbocycles. The van der Waals surface area contributed by atoms with Gasteiger partial charge in [0.25, 0.3) is 10.0 Å². The third-order valence-corrected chi connectivity index (χ3v) is 8.64. The summed E-state index contributed by atoms with van der Waals surface area (Å²) < 4.78 is 28.9. The van der Waals surface area contributed by atoms with E-state index in [0.717, 1.165) is 20.3 Å². The van der Waals surface area contributed by atoms with Crippen molar-refractivity contribution in [3.8, 4) is 0 Å². The quantitative estimate of drug-likeness (QED) is 0.339. The van der Waals surface area contributed by atoms with Crippen molar-refractivity contribution in [3.05, 3.63) is 90.0 Å². The summed E-state index contributed by atoms with van der Waals surface area (Å²) in [5.74, 6) is -0.801. The maximum Gasteiger partial charge on any atom is 0.264 e. The number of nitrogens with zero attached hydrogens (tertiary/aromatic N) is 2. The first-order valence-corrected chi connectivity index (χ1v) is 15.4. The highest BCUT2D eigenvalue weighted by molar-refractivity contribution is 7.98. The Morgan fingerprint density at radius 2 is 1.51 bits per heavy atom. The molecular weight excluding hydrogens is 530 g/mol. The molecule has 2 amide bonds. The molecule has 0 aromatic heterocycles. The van der Waals surface area contributed by atoms with Gasteiger partial charge < -0.3 is 10.2 Å². The monoisotopic (exact) mass is 567 g/mol. The van der Waals surface area contributed by atoms with Crippen LogP contribution in [0.5, 0.6) is 0 Å². The standard InChI is InChI=1S/C30H37N3O4S2/c1-22-12-14-25(15-13-22)33(39(36,37)27-18-16-26(38-6)17-19-27)21-28(34)32(20-24-10-8-7-9-11-24)23(2)29(35)31-30(3,4)5/h7-19,23H,20-21H2,1-6H3,(H,31,35). The minimum Gasteiger partial charge on any atom is -0.350 e. The van der Waals surface area contributed by atoms with Gasteiger partial charge in [-0.3, -0.25) is 13.9 Å². The Kier molecular flexibility index (Phi) is 9.85. The van der Waals surface area contributed by atoms with E-state index in [9.17, 15) is 18.0 Å². The lowest BCUT2D eigenvalue weighted by atomic mass is 10.1. The van der Waals surface area contributed by atoms with Crippen molar-refractivity contribution < 1.29 is 18.0 Å². The number of carbonyl (C=O) groups excluding carboxylic acids is 2. The van der Waals surface area contributed by atoms with Crippen LogP contribution in [-0.4, -0.2) is 49.5 Å². The van der Waals surface area contributed by atoms with Crippen LogP contribution in [0.1, 0.15) is 38.8 Å². The van der Waals surface area contributed by atoms with E-state index in [2.05, 4.69) is 5.32 Å². The fourth-order valence-corrected chi connectivity index (χ4v) is 5.77. The van der Waals surface area contributed by atoms with Crippen LogP contribution < -0.4 is 9.62 Å². The molecule has 0 aliphatic heterocycles. The third-order valence-electron chi connectivity index (χ3n) is 6.11. The van der Waals surface area contributed by atoms with Crippen molar-refractivity contribution in [3.63, 3.8) is 0 Å². The molecule has 0 spiro atoms. The number of amides is 2. The second-order valence-electron chi connectivity index (χ2n) is 10.4. The third kappa shape index (κ3) is 8.10. The van der Waals surface area contributed by atoms with Gasteiger partial charge in [-0.05, 0) is 82.8 Å². The second kappa shape index (κ2) is 12.7. The predicted octanol–water partition coefficient (Wildman–Crippen LogP) is 5.24. The van der Waals surface area contributed by atoms with E-state index in [4.69, 9.17) is 0 Å². The van der Waals surface area contributed by atoms with Crippen molar-refractivity contribution in [2.45, 2.75) is 62.5 Å². The Morgan fingerprint density at radius 3 is 2.05 bits per heavy atom. The lowest BCUT2D eigenvalue weighted by Gasteiger charge is -2.33. The smallest absolute Gasteiger partial charge is 0.264 e. The lowest BCUT2D eigenvalue weighted by molar-refractivity contribution is -0.140. The average molecular weight is 568 g/mol. The lowest BCUT2D eigenvalue weighted by Crippen LogP contribution is -2.54. The molecule has 0 radical (unpaired) electrons. The number of aryl methyl sites for hydroxylation is 1. The summed E-state index contributed by atoms with van der Waals surface area (Å²) in [5.41, 5.74) is 1.67. The van der Waals surface area contributed by atoms with E-state index in [1.807, 2.05) is 64.3 Å². The summed E-state index contributed by atoms with van der Waals surface area (Å²) in [7, 11) is -4.09. The van der Waals surface area contributed by atoms with E-state index >= 15 is 0 Å². The van der Waals surface area contributed by atoms with Gasteiger partial charge in [-0.15, -0.1) is 11.8 Å². The van der Waals surface area contributed by atoms with E-state index in [1.54, 1.807) is 55.5 Å². The minimum atomic E-state index is -4.09. The van der Waals surface area contributed by atoms with Crippen molar-refractivity contribution in [2.75, 3.05) is 17.1 Å². The first-order chi connectivity index (χ1) is 18.3. The maximum atomic E-state index is 13.9. The molecule has 0 saturated carbocycles. The zero-order valence-electron chi connectivity index (χ0n) is 23.3. The first kappa shape index (κ1) is 30.2. The number of thioether (sulfide) groups is 1.